The van der Waals surface area contributed by atoms with E-state index in [0.29, 0.717) is 19.3 Å². The summed E-state index contributed by atoms with van der Waals surface area (Å²) in [6.07, 6.45) is 89.5. The van der Waals surface area contributed by atoms with Crippen molar-refractivity contribution in [1.82, 2.24) is 0 Å². The van der Waals surface area contributed by atoms with Crippen LogP contribution in [0, 0.1) is 0 Å². The van der Waals surface area contributed by atoms with Crippen LogP contribution in [0.2, 0.25) is 0 Å². The molecule has 6 nitrogen and oxygen atoms in total. The summed E-state index contributed by atoms with van der Waals surface area (Å²) < 4.78 is 16.8. The average molecular weight is 1030 g/mol. The number of rotatable bonds is 52. The van der Waals surface area contributed by atoms with E-state index in [1.807, 2.05) is 0 Å². The van der Waals surface area contributed by atoms with Gasteiger partial charge in [0.05, 0.1) is 0 Å². The van der Waals surface area contributed by atoms with E-state index in [1.165, 1.54) is 51.4 Å². The Morgan fingerprint density at radius 3 is 0.853 bits per heavy atom. The Kier molecular flexibility index (Phi) is 57.5. The van der Waals surface area contributed by atoms with Gasteiger partial charge in [-0.15, -0.1) is 0 Å². The van der Waals surface area contributed by atoms with Crippen LogP contribution in [0.1, 0.15) is 239 Å². The molecule has 0 aliphatic rings. The number of ether oxygens (including phenoxy) is 3. The van der Waals surface area contributed by atoms with Crippen molar-refractivity contribution in [2.24, 2.45) is 0 Å². The third-order valence-corrected chi connectivity index (χ3v) is 12.0. The normalized spacial score (nSPS) is 13.3. The molecule has 0 aliphatic heterocycles. The minimum absolute atomic E-state index is 0.121. The van der Waals surface area contributed by atoms with Crippen LogP contribution in [-0.4, -0.2) is 37.2 Å². The number of allylic oxidation sites excluding steroid dienone is 26. The van der Waals surface area contributed by atoms with Crippen LogP contribution in [0.5, 0.6) is 0 Å². The molecule has 0 amide bonds. The lowest BCUT2D eigenvalue weighted by Gasteiger charge is -2.18. The highest BCUT2D eigenvalue weighted by molar-refractivity contribution is 5.71. The van der Waals surface area contributed by atoms with E-state index in [0.717, 1.165) is 135 Å². The summed E-state index contributed by atoms with van der Waals surface area (Å²) in [7, 11) is 0. The molecule has 6 heteroatoms. The summed E-state index contributed by atoms with van der Waals surface area (Å²) in [5, 5.41) is 0. The fourth-order valence-electron chi connectivity index (χ4n) is 7.56. The summed E-state index contributed by atoms with van der Waals surface area (Å²) in [6, 6.07) is 0. The maximum atomic E-state index is 12.9. The van der Waals surface area contributed by atoms with Gasteiger partial charge in [-0.25, -0.2) is 0 Å². The first-order chi connectivity index (χ1) is 37.0. The van der Waals surface area contributed by atoms with Crippen molar-refractivity contribution >= 4 is 17.9 Å². The molecule has 0 saturated heterocycles. The first kappa shape index (κ1) is 70.0. The van der Waals surface area contributed by atoms with Crippen molar-refractivity contribution < 1.29 is 28.6 Å². The van der Waals surface area contributed by atoms with E-state index in [-0.39, 0.29) is 44.0 Å². The van der Waals surface area contributed by atoms with Gasteiger partial charge in [-0.05, 0) is 148 Å². The molecular weight excluding hydrogens is 925 g/mol. The molecule has 0 aliphatic carbocycles. The molecule has 0 aromatic carbocycles. The van der Waals surface area contributed by atoms with Crippen molar-refractivity contribution in [2.75, 3.05) is 13.2 Å². The highest BCUT2D eigenvalue weighted by atomic mass is 16.6. The predicted molar refractivity (Wildman–Crippen MR) is 325 cm³/mol. The largest absolute Gasteiger partial charge is 0.462 e. The molecule has 420 valence electrons. The number of esters is 3. The van der Waals surface area contributed by atoms with Gasteiger partial charge in [0.25, 0.3) is 0 Å². The molecule has 0 fully saturated rings. The smallest absolute Gasteiger partial charge is 0.306 e. The van der Waals surface area contributed by atoms with Gasteiger partial charge in [-0.1, -0.05) is 230 Å². The van der Waals surface area contributed by atoms with Crippen LogP contribution >= 0.6 is 0 Å². The Balaban J connectivity index is 4.59. The summed E-state index contributed by atoms with van der Waals surface area (Å²) in [4.78, 5) is 38.2. The average Bonchev–Trinajstić information content (AvgIpc) is 3.41. The van der Waals surface area contributed by atoms with Gasteiger partial charge in [0, 0.05) is 19.3 Å². The van der Waals surface area contributed by atoms with Gasteiger partial charge in [0.15, 0.2) is 6.10 Å². The van der Waals surface area contributed by atoms with Crippen molar-refractivity contribution in [3.05, 3.63) is 158 Å². The number of hydrogen-bond acceptors (Lipinski definition) is 6. The van der Waals surface area contributed by atoms with E-state index < -0.39 is 6.10 Å². The van der Waals surface area contributed by atoms with Crippen LogP contribution in [0.4, 0.5) is 0 Å². The first-order valence-corrected chi connectivity index (χ1v) is 30.0. The molecule has 0 rings (SSSR count). The van der Waals surface area contributed by atoms with Crippen molar-refractivity contribution in [3.63, 3.8) is 0 Å². The Bertz CT molecular complexity index is 1710. The minimum atomic E-state index is -0.832. The van der Waals surface area contributed by atoms with Gasteiger partial charge >= 0.3 is 17.9 Å². The topological polar surface area (TPSA) is 78.9 Å². The summed E-state index contributed by atoms with van der Waals surface area (Å²) in [6.45, 7) is 6.32. The molecule has 0 aromatic rings. The number of unbranched alkanes of at least 4 members (excludes halogenated alkanes) is 15. The first-order valence-electron chi connectivity index (χ1n) is 30.0. The standard InChI is InChI=1S/C69H108O6/c1-4-7-10-13-16-19-22-25-28-30-32-34-36-38-41-44-47-50-53-56-59-62-68(71)74-65-66(64-73-67(70)61-58-55-52-49-46-43-40-27-24-21-18-15-12-9-6-3)75-69(72)63-60-57-54-51-48-45-42-39-37-35-33-31-29-26-23-20-17-14-11-8-5-2/h7-8,10-11,16-17,19-20,25-29,32-35,38-42,47-48,50-51,66H,4-6,9,12-15,18,21-24,30-31,36-37,43-46,49,52-65H2,1-3H3/b10-7-,11-8-,19-16-,20-17-,28-25-,29-26-,34-32-,35-33-,40-27-,41-38-,42-39-,50-47-,51-48-. The Morgan fingerprint density at radius 1 is 0.280 bits per heavy atom. The van der Waals surface area contributed by atoms with Crippen molar-refractivity contribution in [1.29, 1.82) is 0 Å². The Labute approximate surface area is 460 Å². The van der Waals surface area contributed by atoms with E-state index in [4.69, 9.17) is 14.2 Å². The summed E-state index contributed by atoms with van der Waals surface area (Å²) in [5.74, 6) is -1.02. The van der Waals surface area contributed by atoms with E-state index in [9.17, 15) is 14.4 Å². The van der Waals surface area contributed by atoms with Gasteiger partial charge in [-0.2, -0.15) is 0 Å². The Hall–Kier alpha value is -4.97. The number of carbonyl (C=O) groups excluding carboxylic acids is 3. The second kappa shape index (κ2) is 61.6. The lowest BCUT2D eigenvalue weighted by Crippen LogP contribution is -2.30. The summed E-state index contributed by atoms with van der Waals surface area (Å²) >= 11 is 0. The van der Waals surface area contributed by atoms with Crippen LogP contribution in [-0.2, 0) is 28.6 Å². The van der Waals surface area contributed by atoms with E-state index >= 15 is 0 Å². The van der Waals surface area contributed by atoms with Crippen molar-refractivity contribution in [2.45, 2.75) is 245 Å². The molecule has 0 heterocycles. The van der Waals surface area contributed by atoms with E-state index in [2.05, 4.69) is 179 Å². The van der Waals surface area contributed by atoms with Gasteiger partial charge in [0.1, 0.15) is 13.2 Å². The van der Waals surface area contributed by atoms with E-state index in [1.54, 1.807) is 0 Å². The second-order valence-electron chi connectivity index (χ2n) is 19.1. The maximum Gasteiger partial charge on any atom is 0.306 e. The van der Waals surface area contributed by atoms with Crippen LogP contribution in [0.25, 0.3) is 0 Å². The zero-order valence-corrected chi connectivity index (χ0v) is 48.0. The highest BCUT2D eigenvalue weighted by Gasteiger charge is 2.19. The molecule has 0 spiro atoms. The van der Waals surface area contributed by atoms with Crippen molar-refractivity contribution in [3.8, 4) is 0 Å². The highest BCUT2D eigenvalue weighted by Crippen LogP contribution is 2.12. The lowest BCUT2D eigenvalue weighted by atomic mass is 10.1. The number of hydrogen-bond donors (Lipinski definition) is 0. The molecule has 1 atom stereocenters. The zero-order valence-electron chi connectivity index (χ0n) is 48.0. The third kappa shape index (κ3) is 59.8. The third-order valence-electron chi connectivity index (χ3n) is 12.0. The monoisotopic (exact) mass is 1030 g/mol. The fourth-order valence-corrected chi connectivity index (χ4v) is 7.56. The van der Waals surface area contributed by atoms with Crippen LogP contribution < -0.4 is 0 Å². The minimum Gasteiger partial charge on any atom is -0.462 e. The SMILES string of the molecule is CC/C=C\C/C=C\C/C=C\C/C=C\C/C=C\C/C=C\CCCCC(=O)OCC(COC(=O)CCCCCCC/C=C\CCCCCCCC)OC(=O)CCCC/C=C\C/C=C\C/C=C\C/C=C\C/C=C\C/C=C\CC. The zero-order chi connectivity index (χ0) is 54.3. The molecular formula is C69H108O6. The van der Waals surface area contributed by atoms with Crippen LogP contribution in [0.3, 0.4) is 0 Å². The summed E-state index contributed by atoms with van der Waals surface area (Å²) in [5.41, 5.74) is 0. The van der Waals surface area contributed by atoms with Gasteiger partial charge in [-0.3, -0.25) is 14.4 Å². The fraction of sp³-hybridized carbons (Fsp3) is 0.580. The molecule has 1 unspecified atom stereocenters. The Morgan fingerprint density at radius 2 is 0.520 bits per heavy atom. The molecule has 0 N–H and O–H groups in total. The van der Waals surface area contributed by atoms with Crippen LogP contribution in [0.15, 0.2) is 158 Å². The molecule has 0 radical (unpaired) electrons. The maximum absolute atomic E-state index is 12.9. The molecule has 0 aromatic heterocycles. The molecule has 75 heavy (non-hydrogen) atoms. The molecule has 0 saturated carbocycles. The lowest BCUT2D eigenvalue weighted by molar-refractivity contribution is -0.167. The predicted octanol–water partition coefficient (Wildman–Crippen LogP) is 20.5. The quantitative estimate of drug-likeness (QED) is 0.0261. The second-order valence-corrected chi connectivity index (χ2v) is 19.1. The van der Waals surface area contributed by atoms with Gasteiger partial charge in [0.2, 0.25) is 0 Å². The molecule has 0 bridgehead atoms. The number of carbonyl (C=O) groups is 3. The van der Waals surface area contributed by atoms with Gasteiger partial charge < -0.3 is 14.2 Å².